The van der Waals surface area contributed by atoms with Gasteiger partial charge in [0.15, 0.2) is 0 Å². The SMILES string of the molecule is COCCOc1cc(C(=O)Nc2ccc3cn[nH]c3c2)cc(-n2ccnc2)c1. The zero-order chi connectivity index (χ0) is 19.3. The molecular formula is C20H19N5O3. The molecular weight excluding hydrogens is 358 g/mol. The van der Waals surface area contributed by atoms with E-state index in [1.165, 1.54) is 0 Å². The molecule has 0 radical (unpaired) electrons. The van der Waals surface area contributed by atoms with Gasteiger partial charge in [-0.1, -0.05) is 0 Å². The van der Waals surface area contributed by atoms with Crippen LogP contribution in [0.5, 0.6) is 5.75 Å². The third-order valence-corrected chi connectivity index (χ3v) is 4.21. The zero-order valence-electron chi connectivity index (χ0n) is 15.3. The van der Waals surface area contributed by atoms with Crippen molar-refractivity contribution in [2.45, 2.75) is 0 Å². The highest BCUT2D eigenvalue weighted by Gasteiger charge is 2.12. The second-order valence-electron chi connectivity index (χ2n) is 6.15. The molecule has 142 valence electrons. The standard InChI is InChI=1S/C20H19N5O3/c1-27-6-7-28-18-9-15(8-17(11-18)25-5-4-21-13-25)20(26)23-16-3-2-14-12-22-24-19(14)10-16/h2-5,8-13H,6-7H2,1H3,(H,22,24)(H,23,26). The van der Waals surface area contributed by atoms with Crippen LogP contribution < -0.4 is 10.1 Å². The number of anilines is 1. The summed E-state index contributed by atoms with van der Waals surface area (Å²) in [4.78, 5) is 16.9. The maximum Gasteiger partial charge on any atom is 0.255 e. The zero-order valence-corrected chi connectivity index (χ0v) is 15.3. The van der Waals surface area contributed by atoms with E-state index in [0.29, 0.717) is 30.2 Å². The number of benzene rings is 2. The molecule has 4 aromatic rings. The van der Waals surface area contributed by atoms with E-state index in [1.807, 2.05) is 35.0 Å². The number of nitrogens with one attached hydrogen (secondary N) is 2. The van der Waals surface area contributed by atoms with Gasteiger partial charge in [-0.05, 0) is 30.3 Å². The number of imidazole rings is 1. The van der Waals surface area contributed by atoms with E-state index in [-0.39, 0.29) is 5.91 Å². The molecule has 0 atom stereocenters. The molecule has 0 fully saturated rings. The Hall–Kier alpha value is -3.65. The highest BCUT2D eigenvalue weighted by Crippen LogP contribution is 2.22. The molecule has 1 amide bonds. The third-order valence-electron chi connectivity index (χ3n) is 4.21. The van der Waals surface area contributed by atoms with Gasteiger partial charge in [0, 0.05) is 42.2 Å². The van der Waals surface area contributed by atoms with Gasteiger partial charge in [-0.3, -0.25) is 9.89 Å². The molecule has 2 N–H and O–H groups in total. The Morgan fingerprint density at radius 3 is 2.96 bits per heavy atom. The summed E-state index contributed by atoms with van der Waals surface area (Å²) in [5, 5.41) is 10.8. The van der Waals surface area contributed by atoms with Gasteiger partial charge in [0.2, 0.25) is 0 Å². The predicted octanol–water partition coefficient (Wildman–Crippen LogP) is 3.03. The van der Waals surface area contributed by atoms with Crippen LogP contribution in [0.25, 0.3) is 16.6 Å². The topological polar surface area (TPSA) is 94.1 Å². The molecule has 2 aromatic carbocycles. The number of methoxy groups -OCH3 is 1. The van der Waals surface area contributed by atoms with Gasteiger partial charge < -0.3 is 19.4 Å². The summed E-state index contributed by atoms with van der Waals surface area (Å²) < 4.78 is 12.6. The molecule has 0 aliphatic heterocycles. The van der Waals surface area contributed by atoms with Crippen molar-refractivity contribution < 1.29 is 14.3 Å². The Balaban J connectivity index is 1.61. The first-order valence-electron chi connectivity index (χ1n) is 8.72. The van der Waals surface area contributed by atoms with Gasteiger partial charge in [0.05, 0.1) is 30.3 Å². The van der Waals surface area contributed by atoms with Crippen molar-refractivity contribution in [3.8, 4) is 11.4 Å². The number of amides is 1. The Morgan fingerprint density at radius 1 is 1.21 bits per heavy atom. The minimum Gasteiger partial charge on any atom is -0.491 e. The van der Waals surface area contributed by atoms with Crippen molar-refractivity contribution in [3.05, 3.63) is 66.9 Å². The fourth-order valence-corrected chi connectivity index (χ4v) is 2.82. The average molecular weight is 377 g/mol. The highest BCUT2D eigenvalue weighted by molar-refractivity contribution is 6.05. The summed E-state index contributed by atoms with van der Waals surface area (Å²) in [5.74, 6) is 0.342. The van der Waals surface area contributed by atoms with Crippen molar-refractivity contribution in [2.24, 2.45) is 0 Å². The van der Waals surface area contributed by atoms with Crippen molar-refractivity contribution >= 4 is 22.5 Å². The maximum absolute atomic E-state index is 12.9. The molecule has 28 heavy (non-hydrogen) atoms. The molecule has 0 bridgehead atoms. The Labute approximate surface area is 161 Å². The lowest BCUT2D eigenvalue weighted by Crippen LogP contribution is -2.13. The number of rotatable bonds is 7. The van der Waals surface area contributed by atoms with Crippen LogP contribution >= 0.6 is 0 Å². The molecule has 2 heterocycles. The predicted molar refractivity (Wildman–Crippen MR) is 105 cm³/mol. The first kappa shape index (κ1) is 17.7. The summed E-state index contributed by atoms with van der Waals surface area (Å²) in [6, 6.07) is 10.9. The van der Waals surface area contributed by atoms with Gasteiger partial charge in [-0.25, -0.2) is 4.98 Å². The number of carbonyl (C=O) groups is 1. The minimum absolute atomic E-state index is 0.238. The number of ether oxygens (including phenoxy) is 2. The third kappa shape index (κ3) is 3.86. The second-order valence-corrected chi connectivity index (χ2v) is 6.15. The summed E-state index contributed by atoms with van der Waals surface area (Å²) in [6.45, 7) is 0.850. The lowest BCUT2D eigenvalue weighted by atomic mass is 10.1. The Morgan fingerprint density at radius 2 is 2.14 bits per heavy atom. The lowest BCUT2D eigenvalue weighted by molar-refractivity contribution is 0.102. The monoisotopic (exact) mass is 377 g/mol. The number of nitrogens with zero attached hydrogens (tertiary/aromatic N) is 3. The highest BCUT2D eigenvalue weighted by atomic mass is 16.5. The molecule has 0 saturated carbocycles. The summed E-state index contributed by atoms with van der Waals surface area (Å²) in [6.07, 6.45) is 6.89. The van der Waals surface area contributed by atoms with E-state index in [9.17, 15) is 4.79 Å². The first-order chi connectivity index (χ1) is 13.7. The molecule has 4 rings (SSSR count). The van der Waals surface area contributed by atoms with E-state index >= 15 is 0 Å². The summed E-state index contributed by atoms with van der Waals surface area (Å²) in [5.41, 5.74) is 2.79. The average Bonchev–Trinajstić information content (AvgIpc) is 3.39. The van der Waals surface area contributed by atoms with Crippen LogP contribution in [-0.2, 0) is 4.74 Å². The van der Waals surface area contributed by atoms with Crippen LogP contribution in [0.3, 0.4) is 0 Å². The number of aromatic amines is 1. The van der Waals surface area contributed by atoms with E-state index in [2.05, 4.69) is 20.5 Å². The van der Waals surface area contributed by atoms with E-state index < -0.39 is 0 Å². The Kier molecular flexibility index (Phi) is 5.03. The quantitative estimate of drug-likeness (QED) is 0.483. The van der Waals surface area contributed by atoms with Crippen molar-refractivity contribution in [1.82, 2.24) is 19.7 Å². The fraction of sp³-hybridized carbons (Fsp3) is 0.150. The lowest BCUT2D eigenvalue weighted by Gasteiger charge is -2.12. The smallest absolute Gasteiger partial charge is 0.255 e. The minimum atomic E-state index is -0.238. The molecule has 0 unspecified atom stereocenters. The molecule has 8 nitrogen and oxygen atoms in total. The van der Waals surface area contributed by atoms with Gasteiger partial charge >= 0.3 is 0 Å². The number of H-pyrrole nitrogens is 1. The largest absolute Gasteiger partial charge is 0.491 e. The van der Waals surface area contributed by atoms with Crippen LogP contribution in [-0.4, -0.2) is 46.0 Å². The molecule has 0 aliphatic carbocycles. The molecule has 0 spiro atoms. The number of carbonyl (C=O) groups excluding carboxylic acids is 1. The van der Waals surface area contributed by atoms with Crippen LogP contribution in [0.1, 0.15) is 10.4 Å². The number of fused-ring (bicyclic) bond motifs is 1. The summed E-state index contributed by atoms with van der Waals surface area (Å²) in [7, 11) is 1.61. The molecule has 0 aliphatic rings. The number of hydrogen-bond acceptors (Lipinski definition) is 5. The van der Waals surface area contributed by atoms with Crippen molar-refractivity contribution in [2.75, 3.05) is 25.6 Å². The normalized spacial score (nSPS) is 10.9. The summed E-state index contributed by atoms with van der Waals surface area (Å²) >= 11 is 0. The van der Waals surface area contributed by atoms with Crippen molar-refractivity contribution in [1.29, 1.82) is 0 Å². The van der Waals surface area contributed by atoms with Gasteiger partial charge in [-0.2, -0.15) is 5.10 Å². The van der Waals surface area contributed by atoms with Crippen LogP contribution in [0.2, 0.25) is 0 Å². The number of aromatic nitrogens is 4. The van der Waals surface area contributed by atoms with Gasteiger partial charge in [-0.15, -0.1) is 0 Å². The van der Waals surface area contributed by atoms with E-state index in [1.54, 1.807) is 38.0 Å². The fourth-order valence-electron chi connectivity index (χ4n) is 2.82. The first-order valence-corrected chi connectivity index (χ1v) is 8.72. The van der Waals surface area contributed by atoms with Gasteiger partial charge in [0.1, 0.15) is 12.4 Å². The molecule has 8 heteroatoms. The number of hydrogen-bond donors (Lipinski definition) is 2. The van der Waals surface area contributed by atoms with Gasteiger partial charge in [0.25, 0.3) is 5.91 Å². The van der Waals surface area contributed by atoms with Crippen LogP contribution in [0, 0.1) is 0 Å². The van der Waals surface area contributed by atoms with E-state index in [4.69, 9.17) is 9.47 Å². The van der Waals surface area contributed by atoms with Crippen LogP contribution in [0.15, 0.2) is 61.3 Å². The van der Waals surface area contributed by atoms with E-state index in [0.717, 1.165) is 16.6 Å². The second kappa shape index (κ2) is 7.93. The maximum atomic E-state index is 12.9. The Bertz CT molecular complexity index is 1090. The van der Waals surface area contributed by atoms with Crippen molar-refractivity contribution in [3.63, 3.8) is 0 Å². The van der Waals surface area contributed by atoms with Crippen LogP contribution in [0.4, 0.5) is 5.69 Å². The molecule has 2 aromatic heterocycles. The molecule has 0 saturated heterocycles.